The van der Waals surface area contributed by atoms with Crippen molar-refractivity contribution >= 4 is 11.7 Å². The molecule has 0 aliphatic carbocycles. The summed E-state index contributed by atoms with van der Waals surface area (Å²) >= 11 is 0. The highest BCUT2D eigenvalue weighted by molar-refractivity contribution is 6.04. The number of amides is 1. The van der Waals surface area contributed by atoms with Crippen molar-refractivity contribution < 1.29 is 9.53 Å². The smallest absolute Gasteiger partial charge is 0.256 e. The van der Waals surface area contributed by atoms with Crippen LogP contribution in [-0.4, -0.2) is 18.0 Å². The monoisotopic (exact) mass is 256 g/mol. The maximum atomic E-state index is 12.1. The zero-order chi connectivity index (χ0) is 13.7. The Labute approximate surface area is 112 Å². The Morgan fingerprint density at radius 3 is 2.63 bits per heavy atom. The third-order valence-corrected chi connectivity index (χ3v) is 2.77. The average Bonchev–Trinajstić information content (AvgIpc) is 2.42. The molecule has 4 nitrogen and oxygen atoms in total. The van der Waals surface area contributed by atoms with E-state index in [2.05, 4.69) is 10.3 Å². The van der Waals surface area contributed by atoms with Gasteiger partial charge in [0, 0.05) is 18.9 Å². The summed E-state index contributed by atoms with van der Waals surface area (Å²) in [4.78, 5) is 16.2. The third kappa shape index (κ3) is 3.39. The number of carbonyl (C=O) groups is 1. The van der Waals surface area contributed by atoms with Gasteiger partial charge in [-0.3, -0.25) is 4.79 Å². The van der Waals surface area contributed by atoms with E-state index >= 15 is 0 Å². The van der Waals surface area contributed by atoms with Crippen LogP contribution >= 0.6 is 0 Å². The van der Waals surface area contributed by atoms with Gasteiger partial charge >= 0.3 is 0 Å². The Hall–Kier alpha value is -2.20. The van der Waals surface area contributed by atoms with Gasteiger partial charge in [0.05, 0.1) is 6.61 Å². The van der Waals surface area contributed by atoms with Gasteiger partial charge in [-0.05, 0) is 36.2 Å². The van der Waals surface area contributed by atoms with E-state index in [1.165, 1.54) is 0 Å². The fourth-order valence-corrected chi connectivity index (χ4v) is 1.72. The van der Waals surface area contributed by atoms with Gasteiger partial charge in [-0.25, -0.2) is 4.98 Å². The summed E-state index contributed by atoms with van der Waals surface area (Å²) < 4.78 is 5.03. The predicted octanol–water partition coefficient (Wildman–Crippen LogP) is 2.79. The van der Waals surface area contributed by atoms with Gasteiger partial charge in [-0.15, -0.1) is 0 Å². The van der Waals surface area contributed by atoms with Crippen molar-refractivity contribution in [2.75, 3.05) is 12.4 Å². The SMILES string of the molecule is COCc1ccc(C(=O)Nc2ncccc2C)cc1. The number of ether oxygens (including phenoxy) is 1. The second kappa shape index (κ2) is 6.11. The molecule has 0 unspecified atom stereocenters. The number of hydrogen-bond donors (Lipinski definition) is 1. The second-order valence-electron chi connectivity index (χ2n) is 4.25. The fraction of sp³-hybridized carbons (Fsp3) is 0.200. The zero-order valence-electron chi connectivity index (χ0n) is 11.0. The third-order valence-electron chi connectivity index (χ3n) is 2.77. The lowest BCUT2D eigenvalue weighted by Gasteiger charge is -2.07. The molecule has 1 amide bonds. The highest BCUT2D eigenvalue weighted by Gasteiger charge is 2.08. The molecule has 0 atom stereocenters. The van der Waals surface area contributed by atoms with Crippen molar-refractivity contribution in [3.8, 4) is 0 Å². The first-order chi connectivity index (χ1) is 9.20. The van der Waals surface area contributed by atoms with Crippen LogP contribution in [0.3, 0.4) is 0 Å². The molecular formula is C15H16N2O2. The van der Waals surface area contributed by atoms with E-state index < -0.39 is 0 Å². The molecule has 0 bridgehead atoms. The molecule has 0 aliphatic rings. The van der Waals surface area contributed by atoms with Gasteiger partial charge in [0.2, 0.25) is 0 Å². The van der Waals surface area contributed by atoms with Crippen LogP contribution in [0.5, 0.6) is 0 Å². The van der Waals surface area contributed by atoms with E-state index in [-0.39, 0.29) is 5.91 Å². The molecule has 0 saturated heterocycles. The van der Waals surface area contributed by atoms with Crippen molar-refractivity contribution in [1.29, 1.82) is 0 Å². The number of benzene rings is 1. The lowest BCUT2D eigenvalue weighted by atomic mass is 10.1. The molecule has 1 N–H and O–H groups in total. The minimum Gasteiger partial charge on any atom is -0.380 e. The first-order valence-corrected chi connectivity index (χ1v) is 6.01. The molecule has 98 valence electrons. The van der Waals surface area contributed by atoms with E-state index in [0.29, 0.717) is 18.0 Å². The molecule has 19 heavy (non-hydrogen) atoms. The van der Waals surface area contributed by atoms with Crippen molar-refractivity contribution in [1.82, 2.24) is 4.98 Å². The molecule has 1 heterocycles. The summed E-state index contributed by atoms with van der Waals surface area (Å²) in [6.07, 6.45) is 1.66. The maximum absolute atomic E-state index is 12.1. The summed E-state index contributed by atoms with van der Waals surface area (Å²) in [6, 6.07) is 11.1. The van der Waals surface area contributed by atoms with Gasteiger partial charge in [0.1, 0.15) is 5.82 Å². The van der Waals surface area contributed by atoms with Gasteiger partial charge in [0.15, 0.2) is 0 Å². The minimum atomic E-state index is -0.161. The minimum absolute atomic E-state index is 0.161. The van der Waals surface area contributed by atoms with Crippen molar-refractivity contribution in [3.63, 3.8) is 0 Å². The molecular weight excluding hydrogens is 240 g/mol. The Morgan fingerprint density at radius 2 is 2.00 bits per heavy atom. The topological polar surface area (TPSA) is 51.2 Å². The number of hydrogen-bond acceptors (Lipinski definition) is 3. The van der Waals surface area contributed by atoms with Crippen molar-refractivity contribution in [3.05, 3.63) is 59.3 Å². The van der Waals surface area contributed by atoms with Gasteiger partial charge in [-0.1, -0.05) is 18.2 Å². The summed E-state index contributed by atoms with van der Waals surface area (Å²) in [5, 5.41) is 2.80. The van der Waals surface area contributed by atoms with Gasteiger partial charge < -0.3 is 10.1 Å². The lowest BCUT2D eigenvalue weighted by molar-refractivity contribution is 0.102. The second-order valence-corrected chi connectivity index (χ2v) is 4.25. The van der Waals surface area contributed by atoms with E-state index in [0.717, 1.165) is 11.1 Å². The summed E-state index contributed by atoms with van der Waals surface area (Å²) in [7, 11) is 1.64. The number of aromatic nitrogens is 1. The Bertz CT molecular complexity index is 565. The van der Waals surface area contributed by atoms with E-state index in [1.54, 1.807) is 25.4 Å². The molecule has 0 saturated carbocycles. The summed E-state index contributed by atoms with van der Waals surface area (Å²) in [5.74, 6) is 0.430. The van der Waals surface area contributed by atoms with Crippen LogP contribution in [0.1, 0.15) is 21.5 Å². The number of carbonyl (C=O) groups excluding carboxylic acids is 1. The largest absolute Gasteiger partial charge is 0.380 e. The number of anilines is 1. The maximum Gasteiger partial charge on any atom is 0.256 e. The van der Waals surface area contributed by atoms with Gasteiger partial charge in [-0.2, -0.15) is 0 Å². The molecule has 2 aromatic rings. The number of pyridine rings is 1. The highest BCUT2D eigenvalue weighted by Crippen LogP contribution is 2.12. The first kappa shape index (κ1) is 13.2. The van der Waals surface area contributed by atoms with E-state index in [4.69, 9.17) is 4.74 Å². The number of rotatable bonds is 4. The lowest BCUT2D eigenvalue weighted by Crippen LogP contribution is -2.13. The number of nitrogens with one attached hydrogen (secondary N) is 1. The quantitative estimate of drug-likeness (QED) is 0.915. The summed E-state index contributed by atoms with van der Waals surface area (Å²) in [5.41, 5.74) is 2.57. The number of nitrogens with zero attached hydrogens (tertiary/aromatic N) is 1. The molecule has 0 aliphatic heterocycles. The van der Waals surface area contributed by atoms with Crippen molar-refractivity contribution in [2.45, 2.75) is 13.5 Å². The van der Waals surface area contributed by atoms with Crippen LogP contribution in [0.15, 0.2) is 42.6 Å². The van der Waals surface area contributed by atoms with Crippen molar-refractivity contribution in [2.24, 2.45) is 0 Å². The summed E-state index contributed by atoms with van der Waals surface area (Å²) in [6.45, 7) is 2.45. The predicted molar refractivity (Wildman–Crippen MR) is 74.1 cm³/mol. The van der Waals surface area contributed by atoms with Crippen LogP contribution < -0.4 is 5.32 Å². The Morgan fingerprint density at radius 1 is 1.26 bits per heavy atom. The van der Waals surface area contributed by atoms with Crippen LogP contribution in [0.25, 0.3) is 0 Å². The first-order valence-electron chi connectivity index (χ1n) is 6.01. The fourth-order valence-electron chi connectivity index (χ4n) is 1.72. The normalized spacial score (nSPS) is 10.2. The Balaban J connectivity index is 2.10. The van der Waals surface area contributed by atoms with Crippen LogP contribution in [0.4, 0.5) is 5.82 Å². The van der Waals surface area contributed by atoms with Crippen LogP contribution in [-0.2, 0) is 11.3 Å². The van der Waals surface area contributed by atoms with Crippen LogP contribution in [0.2, 0.25) is 0 Å². The zero-order valence-corrected chi connectivity index (χ0v) is 11.0. The molecule has 2 rings (SSSR count). The molecule has 0 radical (unpaired) electrons. The number of aryl methyl sites for hydroxylation is 1. The van der Waals surface area contributed by atoms with Gasteiger partial charge in [0.25, 0.3) is 5.91 Å². The van der Waals surface area contributed by atoms with E-state index in [9.17, 15) is 4.79 Å². The molecule has 1 aromatic heterocycles. The molecule has 1 aromatic carbocycles. The molecule has 0 spiro atoms. The standard InChI is InChI=1S/C15H16N2O2/c1-11-4-3-9-16-14(11)17-15(18)13-7-5-12(6-8-13)10-19-2/h3-9H,10H2,1-2H3,(H,16,17,18). The number of methoxy groups -OCH3 is 1. The molecule has 0 fully saturated rings. The van der Waals surface area contributed by atoms with E-state index in [1.807, 2.05) is 31.2 Å². The Kier molecular flexibility index (Phi) is 4.26. The highest BCUT2D eigenvalue weighted by atomic mass is 16.5. The average molecular weight is 256 g/mol. The van der Waals surface area contributed by atoms with Crippen LogP contribution in [0, 0.1) is 6.92 Å². The molecule has 4 heteroatoms.